The molecule has 0 fully saturated rings. The summed E-state index contributed by atoms with van der Waals surface area (Å²) in [5, 5.41) is 5.34. The van der Waals surface area contributed by atoms with E-state index >= 15 is 0 Å². The van der Waals surface area contributed by atoms with Gasteiger partial charge in [0.15, 0.2) is 5.65 Å². The molecule has 0 amide bonds. The number of rotatable bonds is 4. The van der Waals surface area contributed by atoms with Crippen molar-refractivity contribution in [2.45, 2.75) is 25.8 Å². The third-order valence-electron chi connectivity index (χ3n) is 4.58. The molecule has 0 atom stereocenters. The molecule has 132 valence electrons. The van der Waals surface area contributed by atoms with Gasteiger partial charge in [-0.05, 0) is 37.0 Å². The second-order valence-electron chi connectivity index (χ2n) is 6.20. The molecular weight excluding hydrogens is 330 g/mol. The Bertz CT molecular complexity index is 983. The van der Waals surface area contributed by atoms with Gasteiger partial charge in [0.2, 0.25) is 0 Å². The van der Waals surface area contributed by atoms with Crippen LogP contribution in [-0.2, 0) is 22.4 Å². The van der Waals surface area contributed by atoms with Crippen LogP contribution in [0.3, 0.4) is 0 Å². The monoisotopic (exact) mass is 349 g/mol. The van der Waals surface area contributed by atoms with Crippen molar-refractivity contribution in [2.24, 2.45) is 0 Å². The van der Waals surface area contributed by atoms with Crippen LogP contribution in [0.4, 0.5) is 5.82 Å². The van der Waals surface area contributed by atoms with Crippen molar-refractivity contribution in [3.05, 3.63) is 53.5 Å². The fourth-order valence-corrected chi connectivity index (χ4v) is 3.44. The predicted octanol–water partition coefficient (Wildman–Crippen LogP) is 2.32. The molecule has 0 saturated carbocycles. The first-order valence-electron chi connectivity index (χ1n) is 8.57. The number of aromatic nitrogens is 4. The Morgan fingerprint density at radius 1 is 1.31 bits per heavy atom. The van der Waals surface area contributed by atoms with Gasteiger partial charge in [-0.2, -0.15) is 5.10 Å². The fourth-order valence-electron chi connectivity index (χ4n) is 3.44. The number of carbonyl (C=O) groups excluding carboxylic acids is 1. The Kier molecular flexibility index (Phi) is 4.12. The molecule has 3 aromatic rings. The van der Waals surface area contributed by atoms with Crippen molar-refractivity contribution >= 4 is 28.9 Å². The van der Waals surface area contributed by atoms with Gasteiger partial charge >= 0.3 is 5.97 Å². The highest BCUT2D eigenvalue weighted by atomic mass is 16.5. The first-order valence-corrected chi connectivity index (χ1v) is 8.57. The maximum Gasteiger partial charge on any atom is 0.330 e. The van der Waals surface area contributed by atoms with Crippen LogP contribution in [0, 0.1) is 0 Å². The Labute approximate surface area is 150 Å². The number of ether oxygens (including phenoxy) is 1. The Morgan fingerprint density at radius 3 is 2.73 bits per heavy atom. The standard InChI is InChI=1S/C19H19N5O2/c1-2-26-16(25)8-7-15-17-18(20)21-11-22-19(17)24(23-15)14-9-12-5-3-4-6-13(12)10-14/h3-8,11,14H,2,9-10H2,1H3,(H2,20,21,22). The SMILES string of the molecule is CCOC(=O)C=Cc1nn(C2Cc3ccccc3C2)c2ncnc(N)c12. The maximum atomic E-state index is 11.6. The summed E-state index contributed by atoms with van der Waals surface area (Å²) >= 11 is 0. The summed E-state index contributed by atoms with van der Waals surface area (Å²) in [5.41, 5.74) is 9.97. The molecule has 0 unspecified atom stereocenters. The number of fused-ring (bicyclic) bond motifs is 2. The van der Waals surface area contributed by atoms with E-state index in [1.165, 1.54) is 23.5 Å². The largest absolute Gasteiger partial charge is 0.463 e. The summed E-state index contributed by atoms with van der Waals surface area (Å²) in [4.78, 5) is 20.1. The highest BCUT2D eigenvalue weighted by Gasteiger charge is 2.26. The number of anilines is 1. The fraction of sp³-hybridized carbons (Fsp3) is 0.263. The second kappa shape index (κ2) is 6.59. The molecule has 0 radical (unpaired) electrons. The highest BCUT2D eigenvalue weighted by molar-refractivity contribution is 5.96. The Hall–Kier alpha value is -3.22. The van der Waals surface area contributed by atoms with E-state index in [1.54, 1.807) is 13.0 Å². The smallest absolute Gasteiger partial charge is 0.330 e. The summed E-state index contributed by atoms with van der Waals surface area (Å²) < 4.78 is 6.83. The van der Waals surface area contributed by atoms with E-state index in [2.05, 4.69) is 39.3 Å². The average molecular weight is 349 g/mol. The molecule has 1 aromatic carbocycles. The van der Waals surface area contributed by atoms with Crippen molar-refractivity contribution < 1.29 is 9.53 Å². The lowest BCUT2D eigenvalue weighted by atomic mass is 10.1. The number of nitrogen functional groups attached to an aromatic ring is 1. The molecule has 0 bridgehead atoms. The van der Waals surface area contributed by atoms with Crippen molar-refractivity contribution in [3.63, 3.8) is 0 Å². The van der Waals surface area contributed by atoms with E-state index in [0.717, 1.165) is 12.8 Å². The topological polar surface area (TPSA) is 95.9 Å². The molecule has 0 aliphatic heterocycles. The molecule has 2 N–H and O–H groups in total. The highest BCUT2D eigenvalue weighted by Crippen LogP contribution is 2.33. The lowest BCUT2D eigenvalue weighted by Gasteiger charge is -2.10. The Morgan fingerprint density at radius 2 is 2.04 bits per heavy atom. The van der Waals surface area contributed by atoms with Crippen molar-refractivity contribution in [1.82, 2.24) is 19.7 Å². The first-order chi connectivity index (χ1) is 12.7. The van der Waals surface area contributed by atoms with Gasteiger partial charge in [-0.25, -0.2) is 19.4 Å². The van der Waals surface area contributed by atoms with Gasteiger partial charge in [0, 0.05) is 6.08 Å². The third-order valence-corrected chi connectivity index (χ3v) is 4.58. The summed E-state index contributed by atoms with van der Waals surface area (Å²) in [6.07, 6.45) is 6.18. The number of hydrogen-bond acceptors (Lipinski definition) is 6. The van der Waals surface area contributed by atoms with E-state index in [-0.39, 0.29) is 6.04 Å². The summed E-state index contributed by atoms with van der Waals surface area (Å²) in [7, 11) is 0. The minimum absolute atomic E-state index is 0.161. The van der Waals surface area contributed by atoms with Gasteiger partial charge in [-0.3, -0.25) is 0 Å². The van der Waals surface area contributed by atoms with Crippen LogP contribution in [0.1, 0.15) is 29.8 Å². The number of carbonyl (C=O) groups is 1. The zero-order valence-corrected chi connectivity index (χ0v) is 14.4. The van der Waals surface area contributed by atoms with E-state index in [0.29, 0.717) is 29.2 Å². The van der Waals surface area contributed by atoms with E-state index in [4.69, 9.17) is 10.5 Å². The second-order valence-corrected chi connectivity index (χ2v) is 6.20. The van der Waals surface area contributed by atoms with Crippen molar-refractivity contribution in [2.75, 3.05) is 12.3 Å². The molecule has 2 aromatic heterocycles. The number of nitrogens with two attached hydrogens (primary N) is 1. The molecular formula is C19H19N5O2. The lowest BCUT2D eigenvalue weighted by molar-refractivity contribution is -0.137. The predicted molar refractivity (Wildman–Crippen MR) is 98.3 cm³/mol. The van der Waals surface area contributed by atoms with Gasteiger partial charge in [0.1, 0.15) is 12.1 Å². The summed E-state index contributed by atoms with van der Waals surface area (Å²) in [6, 6.07) is 8.55. The van der Waals surface area contributed by atoms with Crippen LogP contribution in [0.5, 0.6) is 0 Å². The van der Waals surface area contributed by atoms with Gasteiger partial charge in [0.25, 0.3) is 0 Å². The van der Waals surface area contributed by atoms with E-state index in [1.807, 2.05) is 4.68 Å². The normalized spacial score (nSPS) is 14.2. The van der Waals surface area contributed by atoms with Crippen LogP contribution in [0.25, 0.3) is 17.1 Å². The van der Waals surface area contributed by atoms with Gasteiger partial charge in [-0.1, -0.05) is 24.3 Å². The molecule has 0 saturated heterocycles. The minimum Gasteiger partial charge on any atom is -0.463 e. The van der Waals surface area contributed by atoms with E-state index in [9.17, 15) is 4.79 Å². The number of esters is 1. The van der Waals surface area contributed by atoms with Crippen LogP contribution < -0.4 is 5.73 Å². The van der Waals surface area contributed by atoms with Crippen molar-refractivity contribution in [1.29, 1.82) is 0 Å². The van der Waals surface area contributed by atoms with Gasteiger partial charge in [0.05, 0.1) is 23.7 Å². The van der Waals surface area contributed by atoms with Crippen LogP contribution in [-0.4, -0.2) is 32.3 Å². The van der Waals surface area contributed by atoms with Crippen molar-refractivity contribution in [3.8, 4) is 0 Å². The molecule has 4 rings (SSSR count). The summed E-state index contributed by atoms with van der Waals surface area (Å²) in [6.45, 7) is 2.09. The van der Waals surface area contributed by atoms with Gasteiger partial charge < -0.3 is 10.5 Å². The zero-order valence-electron chi connectivity index (χ0n) is 14.4. The lowest BCUT2D eigenvalue weighted by Crippen LogP contribution is -2.11. The van der Waals surface area contributed by atoms with E-state index < -0.39 is 5.97 Å². The van der Waals surface area contributed by atoms with Gasteiger partial charge in [-0.15, -0.1) is 0 Å². The molecule has 1 aliphatic carbocycles. The minimum atomic E-state index is -0.418. The number of hydrogen-bond donors (Lipinski definition) is 1. The first kappa shape index (κ1) is 16.3. The molecule has 7 heteroatoms. The quantitative estimate of drug-likeness (QED) is 0.574. The zero-order chi connectivity index (χ0) is 18.1. The van der Waals surface area contributed by atoms with Crippen LogP contribution >= 0.6 is 0 Å². The average Bonchev–Trinajstić information content (AvgIpc) is 3.22. The van der Waals surface area contributed by atoms with Crippen LogP contribution in [0.15, 0.2) is 36.7 Å². The number of nitrogens with zero attached hydrogens (tertiary/aromatic N) is 4. The van der Waals surface area contributed by atoms with Crippen LogP contribution in [0.2, 0.25) is 0 Å². The Balaban J connectivity index is 1.75. The molecule has 7 nitrogen and oxygen atoms in total. The maximum absolute atomic E-state index is 11.6. The molecule has 26 heavy (non-hydrogen) atoms. The molecule has 2 heterocycles. The summed E-state index contributed by atoms with van der Waals surface area (Å²) in [5.74, 6) is -0.0702. The number of benzene rings is 1. The third kappa shape index (κ3) is 2.81. The molecule has 0 spiro atoms. The molecule has 1 aliphatic rings.